The lowest BCUT2D eigenvalue weighted by molar-refractivity contribution is 0.169. The van der Waals surface area contributed by atoms with Crippen LogP contribution in [-0.2, 0) is 11.8 Å². The minimum atomic E-state index is -0.444. The molecule has 0 unspecified atom stereocenters. The lowest BCUT2D eigenvalue weighted by Crippen LogP contribution is -2.35. The van der Waals surface area contributed by atoms with E-state index in [0.29, 0.717) is 22.3 Å². The fraction of sp³-hybridized carbons (Fsp3) is 0.375. The van der Waals surface area contributed by atoms with Gasteiger partial charge in [-0.1, -0.05) is 18.6 Å². The summed E-state index contributed by atoms with van der Waals surface area (Å²) in [6.45, 7) is 8.17. The SMILES string of the molecule is CC(=CCC[C@@]1(C)c2c(c3ccc(O)cc3oc2=O)O[C@@H]1C)Cc1cc(C)co1. The van der Waals surface area contributed by atoms with Gasteiger partial charge in [0, 0.05) is 17.9 Å². The number of aryl methyl sites for hydroxylation is 1. The molecule has 5 heteroatoms. The van der Waals surface area contributed by atoms with Crippen LogP contribution >= 0.6 is 0 Å². The first-order valence-electron chi connectivity index (χ1n) is 9.94. The summed E-state index contributed by atoms with van der Waals surface area (Å²) >= 11 is 0. The van der Waals surface area contributed by atoms with Crippen molar-refractivity contribution in [2.45, 2.75) is 58.5 Å². The first kappa shape index (κ1) is 19.4. The molecule has 0 spiro atoms. The van der Waals surface area contributed by atoms with E-state index in [0.717, 1.165) is 30.6 Å². The zero-order valence-electron chi connectivity index (χ0n) is 17.2. The van der Waals surface area contributed by atoms with Crippen LogP contribution in [0.2, 0.25) is 0 Å². The minimum absolute atomic E-state index is 0.0572. The van der Waals surface area contributed by atoms with Crippen molar-refractivity contribution in [2.75, 3.05) is 0 Å². The van der Waals surface area contributed by atoms with Gasteiger partial charge in [0.2, 0.25) is 0 Å². The Kier molecular flexibility index (Phi) is 4.77. The molecule has 4 rings (SSSR count). The molecule has 2 aromatic heterocycles. The molecule has 0 bridgehead atoms. The summed E-state index contributed by atoms with van der Waals surface area (Å²) in [6, 6.07) is 6.81. The molecule has 0 fully saturated rings. The second-order valence-electron chi connectivity index (χ2n) is 8.31. The number of furan rings is 1. The van der Waals surface area contributed by atoms with Gasteiger partial charge in [-0.2, -0.15) is 0 Å². The van der Waals surface area contributed by atoms with Gasteiger partial charge in [-0.15, -0.1) is 0 Å². The van der Waals surface area contributed by atoms with Gasteiger partial charge in [-0.3, -0.25) is 0 Å². The molecule has 0 saturated carbocycles. The molecule has 1 aromatic carbocycles. The predicted molar refractivity (Wildman–Crippen MR) is 112 cm³/mol. The van der Waals surface area contributed by atoms with Crippen molar-refractivity contribution in [3.63, 3.8) is 0 Å². The molecule has 0 amide bonds. The van der Waals surface area contributed by atoms with Crippen LogP contribution in [0.4, 0.5) is 0 Å². The van der Waals surface area contributed by atoms with Gasteiger partial charge >= 0.3 is 5.63 Å². The fourth-order valence-corrected chi connectivity index (χ4v) is 4.16. The minimum Gasteiger partial charge on any atom is -0.508 e. The van der Waals surface area contributed by atoms with Gasteiger partial charge in [0.15, 0.2) is 0 Å². The lowest BCUT2D eigenvalue weighted by Gasteiger charge is -2.26. The van der Waals surface area contributed by atoms with Gasteiger partial charge in [0.25, 0.3) is 0 Å². The number of rotatable bonds is 5. The number of aromatic hydroxyl groups is 1. The maximum Gasteiger partial charge on any atom is 0.343 e. The van der Waals surface area contributed by atoms with Crippen molar-refractivity contribution >= 4 is 11.0 Å². The molecular formula is C24H26O5. The highest BCUT2D eigenvalue weighted by molar-refractivity contribution is 5.86. The van der Waals surface area contributed by atoms with Crippen molar-refractivity contribution in [1.29, 1.82) is 0 Å². The van der Waals surface area contributed by atoms with Crippen molar-refractivity contribution in [1.82, 2.24) is 0 Å². The van der Waals surface area contributed by atoms with Crippen LogP contribution in [0, 0.1) is 6.92 Å². The standard InChI is InChI=1S/C24H26O5/c1-14(10-18-11-15(2)13-27-18)6-5-9-24(4)16(3)28-22-19-8-7-17(25)12-20(19)29-23(26)21(22)24/h6-8,11-13,16,25H,5,9-10H2,1-4H3/t16-,24-/m1/s1. The number of benzene rings is 1. The van der Waals surface area contributed by atoms with Crippen molar-refractivity contribution < 1.29 is 18.7 Å². The third-order valence-electron chi connectivity index (χ3n) is 6.00. The van der Waals surface area contributed by atoms with E-state index in [1.807, 2.05) is 13.8 Å². The molecule has 3 heterocycles. The Hall–Kier alpha value is -2.95. The van der Waals surface area contributed by atoms with Crippen LogP contribution in [-0.4, -0.2) is 11.2 Å². The second-order valence-corrected chi connectivity index (χ2v) is 8.31. The monoisotopic (exact) mass is 394 g/mol. The predicted octanol–water partition coefficient (Wildman–Crippen LogP) is 5.41. The van der Waals surface area contributed by atoms with Gasteiger partial charge in [-0.25, -0.2) is 4.79 Å². The summed E-state index contributed by atoms with van der Waals surface area (Å²) < 4.78 is 17.2. The van der Waals surface area contributed by atoms with Gasteiger partial charge in [0.05, 0.1) is 17.2 Å². The van der Waals surface area contributed by atoms with E-state index in [-0.39, 0.29) is 11.9 Å². The Morgan fingerprint density at radius 1 is 1.31 bits per heavy atom. The van der Waals surface area contributed by atoms with E-state index < -0.39 is 11.0 Å². The van der Waals surface area contributed by atoms with Gasteiger partial charge in [0.1, 0.15) is 28.9 Å². The molecule has 5 nitrogen and oxygen atoms in total. The number of fused-ring (bicyclic) bond motifs is 3. The highest BCUT2D eigenvalue weighted by Gasteiger charge is 2.46. The zero-order chi connectivity index (χ0) is 20.8. The Labute approximate surface area is 169 Å². The van der Waals surface area contributed by atoms with Crippen LogP contribution in [0.5, 0.6) is 11.5 Å². The third kappa shape index (κ3) is 3.46. The molecule has 2 atom stereocenters. The summed E-state index contributed by atoms with van der Waals surface area (Å²) in [7, 11) is 0. The Morgan fingerprint density at radius 3 is 2.83 bits per heavy atom. The quantitative estimate of drug-likeness (QED) is 0.463. The number of hydrogen-bond acceptors (Lipinski definition) is 5. The van der Waals surface area contributed by atoms with Crippen molar-refractivity contribution in [3.8, 4) is 11.5 Å². The fourth-order valence-electron chi connectivity index (χ4n) is 4.16. The zero-order valence-corrected chi connectivity index (χ0v) is 17.2. The molecule has 0 radical (unpaired) electrons. The van der Waals surface area contributed by atoms with Crippen LogP contribution in [0.15, 0.2) is 55.8 Å². The molecule has 3 aromatic rings. The number of ether oxygens (including phenoxy) is 1. The molecule has 1 aliphatic rings. The van der Waals surface area contributed by atoms with E-state index in [1.165, 1.54) is 11.6 Å². The topological polar surface area (TPSA) is 72.8 Å². The van der Waals surface area contributed by atoms with Crippen molar-refractivity contribution in [3.05, 3.63) is 69.5 Å². The van der Waals surface area contributed by atoms with E-state index in [4.69, 9.17) is 13.6 Å². The smallest absolute Gasteiger partial charge is 0.343 e. The maximum atomic E-state index is 12.8. The Balaban J connectivity index is 1.59. The van der Waals surface area contributed by atoms with Crippen LogP contribution in [0.25, 0.3) is 11.0 Å². The van der Waals surface area contributed by atoms with Crippen LogP contribution < -0.4 is 10.4 Å². The van der Waals surface area contributed by atoms with E-state index in [1.54, 1.807) is 18.4 Å². The Morgan fingerprint density at radius 2 is 2.10 bits per heavy atom. The first-order valence-corrected chi connectivity index (χ1v) is 9.94. The van der Waals surface area contributed by atoms with Gasteiger partial charge < -0.3 is 18.7 Å². The van der Waals surface area contributed by atoms with E-state index >= 15 is 0 Å². The Bertz CT molecular complexity index is 1150. The third-order valence-corrected chi connectivity index (χ3v) is 6.00. The lowest BCUT2D eigenvalue weighted by atomic mass is 9.76. The van der Waals surface area contributed by atoms with E-state index in [9.17, 15) is 9.90 Å². The number of phenols is 1. The summed E-state index contributed by atoms with van der Waals surface area (Å²) in [5.41, 5.74) is 2.46. The van der Waals surface area contributed by atoms with Gasteiger partial charge in [-0.05, 0) is 57.4 Å². The average Bonchev–Trinajstić information content (AvgIpc) is 3.16. The first-order chi connectivity index (χ1) is 13.8. The second kappa shape index (κ2) is 7.14. The summed E-state index contributed by atoms with van der Waals surface area (Å²) in [5.74, 6) is 1.60. The molecular weight excluding hydrogens is 368 g/mol. The highest BCUT2D eigenvalue weighted by Crippen LogP contribution is 2.47. The summed E-state index contributed by atoms with van der Waals surface area (Å²) in [4.78, 5) is 12.8. The number of allylic oxidation sites excluding steroid dienone is 2. The van der Waals surface area contributed by atoms with Crippen LogP contribution in [0.3, 0.4) is 0 Å². The number of phenolic OH excluding ortho intramolecular Hbond substituents is 1. The molecule has 0 saturated heterocycles. The van der Waals surface area contributed by atoms with E-state index in [2.05, 4.69) is 26.0 Å². The van der Waals surface area contributed by atoms with Crippen molar-refractivity contribution in [2.24, 2.45) is 0 Å². The molecule has 152 valence electrons. The number of hydrogen-bond donors (Lipinski definition) is 1. The normalized spacial score (nSPS) is 21.4. The molecule has 1 aliphatic heterocycles. The molecule has 1 N–H and O–H groups in total. The average molecular weight is 394 g/mol. The van der Waals surface area contributed by atoms with Crippen LogP contribution in [0.1, 0.15) is 50.5 Å². The largest absolute Gasteiger partial charge is 0.508 e. The summed E-state index contributed by atoms with van der Waals surface area (Å²) in [5, 5.41) is 10.4. The highest BCUT2D eigenvalue weighted by atomic mass is 16.5. The summed E-state index contributed by atoms with van der Waals surface area (Å²) in [6.07, 6.45) is 6.19. The molecule has 0 aliphatic carbocycles. The molecule has 29 heavy (non-hydrogen) atoms. The maximum absolute atomic E-state index is 12.8.